The van der Waals surface area contributed by atoms with Gasteiger partial charge in [0.1, 0.15) is 0 Å². The molecule has 0 bridgehead atoms. The fourth-order valence-corrected chi connectivity index (χ4v) is 2.10. The molecular weight excluding hydrogens is 260 g/mol. The maximum absolute atomic E-state index is 11.4. The van der Waals surface area contributed by atoms with E-state index < -0.39 is 11.3 Å². The summed E-state index contributed by atoms with van der Waals surface area (Å²) in [5.41, 5.74) is 6.55. The Bertz CT molecular complexity index is 567. The predicted molar refractivity (Wildman–Crippen MR) is 79.2 cm³/mol. The molecule has 0 aliphatic rings. The van der Waals surface area contributed by atoms with Gasteiger partial charge in [0.2, 0.25) is 0 Å². The smallest absolute Gasteiger partial charge is 0.281 e. The van der Waals surface area contributed by atoms with Gasteiger partial charge in [-0.05, 0) is 38.1 Å². The number of benzene rings is 2. The monoisotopic (exact) mass is 276 g/mol. The van der Waals surface area contributed by atoms with Crippen molar-refractivity contribution >= 4 is 22.6 Å². The molecule has 0 fully saturated rings. The number of rotatable bonds is 4. The quantitative estimate of drug-likeness (QED) is 0.665. The summed E-state index contributed by atoms with van der Waals surface area (Å²) < 4.78 is 22.0. The van der Waals surface area contributed by atoms with Gasteiger partial charge in [0, 0.05) is 0 Å². The Kier molecular flexibility index (Phi) is 4.19. The zero-order valence-electron chi connectivity index (χ0n) is 10.8. The van der Waals surface area contributed by atoms with E-state index in [4.69, 9.17) is 0 Å². The van der Waals surface area contributed by atoms with E-state index in [0.717, 1.165) is 16.8 Å². The van der Waals surface area contributed by atoms with E-state index in [2.05, 4.69) is 5.43 Å². The second kappa shape index (κ2) is 5.86. The highest BCUT2D eigenvalue weighted by Crippen LogP contribution is 2.18. The molecule has 5 heteroatoms. The van der Waals surface area contributed by atoms with Crippen molar-refractivity contribution in [3.8, 4) is 0 Å². The molecule has 0 heterocycles. The summed E-state index contributed by atoms with van der Waals surface area (Å²) in [4.78, 5) is 0. The highest BCUT2D eigenvalue weighted by Gasteiger charge is 2.12. The minimum absolute atomic E-state index is 0.631. The third-order valence-corrected chi connectivity index (χ3v) is 3.32. The van der Waals surface area contributed by atoms with E-state index in [-0.39, 0.29) is 0 Å². The number of anilines is 2. The number of hydrazine groups is 1. The summed E-state index contributed by atoms with van der Waals surface area (Å²) in [5.74, 6) is 0. The van der Waals surface area contributed by atoms with Crippen LogP contribution in [0.5, 0.6) is 0 Å². The van der Waals surface area contributed by atoms with Crippen molar-refractivity contribution in [1.29, 1.82) is 0 Å². The van der Waals surface area contributed by atoms with Crippen LogP contribution in [-0.4, -0.2) is 8.76 Å². The summed E-state index contributed by atoms with van der Waals surface area (Å²) in [6.45, 7) is 3.96. The summed E-state index contributed by atoms with van der Waals surface area (Å²) in [7, 11) is 0. The largest absolute Gasteiger partial charge is 0.288 e. The number of nitrogens with one attached hydrogen (secondary N) is 1. The van der Waals surface area contributed by atoms with Crippen LogP contribution in [0.3, 0.4) is 0 Å². The van der Waals surface area contributed by atoms with Gasteiger partial charge in [-0.25, -0.2) is 4.21 Å². The van der Waals surface area contributed by atoms with Crippen molar-refractivity contribution in [2.75, 3.05) is 9.84 Å². The first-order valence-electron chi connectivity index (χ1n) is 5.87. The van der Waals surface area contributed by atoms with Gasteiger partial charge in [0.25, 0.3) is 11.3 Å². The van der Waals surface area contributed by atoms with Gasteiger partial charge < -0.3 is 0 Å². The van der Waals surface area contributed by atoms with Crippen LogP contribution in [0.25, 0.3) is 0 Å². The lowest BCUT2D eigenvalue weighted by atomic mass is 10.2. The molecule has 4 nitrogen and oxygen atoms in total. The van der Waals surface area contributed by atoms with Crippen molar-refractivity contribution in [1.82, 2.24) is 0 Å². The van der Waals surface area contributed by atoms with Crippen LogP contribution in [-0.2, 0) is 11.3 Å². The van der Waals surface area contributed by atoms with Gasteiger partial charge in [-0.1, -0.05) is 35.4 Å². The molecule has 0 spiro atoms. The third-order valence-electron chi connectivity index (χ3n) is 2.71. The molecule has 2 aromatic rings. The predicted octanol–water partition coefficient (Wildman–Crippen LogP) is 3.27. The van der Waals surface area contributed by atoms with Gasteiger partial charge in [-0.15, -0.1) is 0 Å². The van der Waals surface area contributed by atoms with Gasteiger partial charge in [0.15, 0.2) is 0 Å². The van der Waals surface area contributed by atoms with Crippen LogP contribution in [0.2, 0.25) is 0 Å². The molecule has 0 saturated carbocycles. The number of hydrogen-bond acceptors (Lipinski definition) is 2. The lowest BCUT2D eigenvalue weighted by Gasteiger charge is -2.22. The lowest BCUT2D eigenvalue weighted by Crippen LogP contribution is -2.31. The summed E-state index contributed by atoms with van der Waals surface area (Å²) in [5, 5.41) is 0. The highest BCUT2D eigenvalue weighted by atomic mass is 32.2. The Morgan fingerprint density at radius 3 is 1.89 bits per heavy atom. The zero-order valence-corrected chi connectivity index (χ0v) is 11.6. The second-order valence-corrected chi connectivity index (χ2v) is 5.17. The molecule has 0 saturated heterocycles. The minimum Gasteiger partial charge on any atom is -0.288 e. The first-order chi connectivity index (χ1) is 9.06. The molecule has 0 aromatic heterocycles. The van der Waals surface area contributed by atoms with Gasteiger partial charge in [0.05, 0.1) is 11.4 Å². The Morgan fingerprint density at radius 2 is 1.42 bits per heavy atom. The SMILES string of the molecule is Cc1ccc(NN(c2ccc(C)cc2)S(=O)O)cc1. The van der Waals surface area contributed by atoms with E-state index in [1.165, 1.54) is 4.41 Å². The lowest BCUT2D eigenvalue weighted by molar-refractivity contribution is 0.562. The van der Waals surface area contributed by atoms with E-state index in [1.54, 1.807) is 12.1 Å². The number of nitrogens with zero attached hydrogens (tertiary/aromatic N) is 1. The zero-order chi connectivity index (χ0) is 13.8. The molecule has 0 amide bonds. The minimum atomic E-state index is -2.14. The second-order valence-electron chi connectivity index (χ2n) is 4.34. The van der Waals surface area contributed by atoms with Crippen LogP contribution < -0.4 is 9.84 Å². The van der Waals surface area contributed by atoms with E-state index in [0.29, 0.717) is 5.69 Å². The Morgan fingerprint density at radius 1 is 0.947 bits per heavy atom. The van der Waals surface area contributed by atoms with Crippen molar-refractivity contribution in [2.24, 2.45) is 0 Å². The van der Waals surface area contributed by atoms with E-state index in [9.17, 15) is 8.76 Å². The van der Waals surface area contributed by atoms with Crippen molar-refractivity contribution < 1.29 is 8.76 Å². The van der Waals surface area contributed by atoms with Crippen LogP contribution >= 0.6 is 0 Å². The maximum Gasteiger partial charge on any atom is 0.281 e. The molecular formula is C14H16N2O2S. The van der Waals surface area contributed by atoms with Crippen LogP contribution in [0, 0.1) is 13.8 Å². The van der Waals surface area contributed by atoms with Gasteiger partial charge in [-0.2, -0.15) is 4.41 Å². The first kappa shape index (κ1) is 13.6. The molecule has 1 unspecified atom stereocenters. The molecule has 0 aliphatic carbocycles. The first-order valence-corrected chi connectivity index (χ1v) is 6.94. The summed E-state index contributed by atoms with van der Waals surface area (Å²) in [6, 6.07) is 15.0. The Balaban J connectivity index is 2.23. The number of hydrogen-bond donors (Lipinski definition) is 2. The van der Waals surface area contributed by atoms with Gasteiger partial charge >= 0.3 is 0 Å². The molecule has 1 atom stereocenters. The molecule has 100 valence electrons. The van der Waals surface area contributed by atoms with Crippen LogP contribution in [0.15, 0.2) is 48.5 Å². The standard InChI is InChI=1S/C14H16N2O2S/c1-11-3-7-13(8-4-11)15-16(19(17)18)14-9-5-12(2)6-10-14/h3-10,15H,1-2H3,(H,17,18). The van der Waals surface area contributed by atoms with Crippen molar-refractivity contribution in [2.45, 2.75) is 13.8 Å². The molecule has 0 aliphatic heterocycles. The fraction of sp³-hybridized carbons (Fsp3) is 0.143. The van der Waals surface area contributed by atoms with Gasteiger partial charge in [-0.3, -0.25) is 9.98 Å². The molecule has 0 radical (unpaired) electrons. The number of aryl methyl sites for hydroxylation is 2. The molecule has 2 rings (SSSR count). The van der Waals surface area contributed by atoms with E-state index in [1.807, 2.05) is 50.2 Å². The Labute approximate surface area is 115 Å². The topological polar surface area (TPSA) is 52.6 Å². The average molecular weight is 276 g/mol. The molecule has 2 N–H and O–H groups in total. The molecule has 2 aromatic carbocycles. The third kappa shape index (κ3) is 3.56. The van der Waals surface area contributed by atoms with Crippen molar-refractivity contribution in [3.63, 3.8) is 0 Å². The highest BCUT2D eigenvalue weighted by molar-refractivity contribution is 7.80. The maximum atomic E-state index is 11.4. The normalized spacial score (nSPS) is 11.9. The average Bonchev–Trinajstić information content (AvgIpc) is 2.39. The summed E-state index contributed by atoms with van der Waals surface area (Å²) >= 11 is -2.14. The molecule has 19 heavy (non-hydrogen) atoms. The van der Waals surface area contributed by atoms with Crippen LogP contribution in [0.4, 0.5) is 11.4 Å². The Hall–Kier alpha value is -1.85. The van der Waals surface area contributed by atoms with Crippen LogP contribution in [0.1, 0.15) is 11.1 Å². The summed E-state index contributed by atoms with van der Waals surface area (Å²) in [6.07, 6.45) is 0. The fourth-order valence-electron chi connectivity index (χ4n) is 1.62. The van der Waals surface area contributed by atoms with E-state index >= 15 is 0 Å². The van der Waals surface area contributed by atoms with Crippen molar-refractivity contribution in [3.05, 3.63) is 59.7 Å².